The monoisotopic (exact) mass is 355 g/mol. The second-order valence-electron chi connectivity index (χ2n) is 4.40. The topological polar surface area (TPSA) is 49.3 Å². The smallest absolute Gasteiger partial charge is 0.335 e. The van der Waals surface area contributed by atoms with Gasteiger partial charge in [-0.3, -0.25) is 0 Å². The molecule has 0 aliphatic heterocycles. The van der Waals surface area contributed by atoms with Gasteiger partial charge in [-0.15, -0.1) is 0 Å². The molecule has 0 fully saturated rings. The molecule has 21 heavy (non-hydrogen) atoms. The van der Waals surface area contributed by atoms with Gasteiger partial charge in [-0.1, -0.05) is 22.9 Å². The highest BCUT2D eigenvalue weighted by Gasteiger charge is 2.15. The lowest BCUT2D eigenvalue weighted by molar-refractivity contribution is 0.0696. The fraction of sp³-hybridized carbons (Fsp3) is 0.133. The largest absolute Gasteiger partial charge is 0.478 e. The van der Waals surface area contributed by atoms with Gasteiger partial charge < -0.3 is 10.4 Å². The van der Waals surface area contributed by atoms with E-state index in [0.717, 1.165) is 22.2 Å². The molecule has 0 spiro atoms. The highest BCUT2D eigenvalue weighted by molar-refractivity contribution is 9.10. The number of nitrogens with one attached hydrogen (secondary N) is 1. The molecule has 0 amide bonds. The van der Waals surface area contributed by atoms with Crippen LogP contribution in [0, 0.1) is 11.6 Å². The SMILES string of the molecule is CCc1cc(Br)ccc1Nc1c(F)cc(C(=O)O)cc1F. The first kappa shape index (κ1) is 15.4. The summed E-state index contributed by atoms with van der Waals surface area (Å²) >= 11 is 3.34. The van der Waals surface area contributed by atoms with Gasteiger partial charge in [-0.25, -0.2) is 13.6 Å². The minimum atomic E-state index is -1.38. The molecule has 2 aromatic rings. The van der Waals surface area contributed by atoms with E-state index in [1.807, 2.05) is 13.0 Å². The molecule has 2 rings (SSSR count). The zero-order chi connectivity index (χ0) is 15.6. The van der Waals surface area contributed by atoms with Crippen molar-refractivity contribution in [3.63, 3.8) is 0 Å². The molecule has 0 aromatic heterocycles. The van der Waals surface area contributed by atoms with E-state index in [9.17, 15) is 13.6 Å². The van der Waals surface area contributed by atoms with Crippen molar-refractivity contribution in [3.8, 4) is 0 Å². The van der Waals surface area contributed by atoms with Crippen LogP contribution >= 0.6 is 15.9 Å². The molecule has 0 unspecified atom stereocenters. The van der Waals surface area contributed by atoms with E-state index in [2.05, 4.69) is 21.2 Å². The molecule has 0 radical (unpaired) electrons. The highest BCUT2D eigenvalue weighted by atomic mass is 79.9. The first-order chi connectivity index (χ1) is 9.92. The lowest BCUT2D eigenvalue weighted by Gasteiger charge is -2.13. The molecule has 2 aromatic carbocycles. The Balaban J connectivity index is 2.43. The van der Waals surface area contributed by atoms with E-state index in [0.29, 0.717) is 12.1 Å². The molecule has 3 nitrogen and oxygen atoms in total. The minimum absolute atomic E-state index is 0.364. The van der Waals surface area contributed by atoms with Crippen molar-refractivity contribution in [2.45, 2.75) is 13.3 Å². The summed E-state index contributed by atoms with van der Waals surface area (Å²) in [6, 6.07) is 6.88. The number of benzene rings is 2. The number of aryl methyl sites for hydroxylation is 1. The molecular weight excluding hydrogens is 344 g/mol. The normalized spacial score (nSPS) is 10.5. The van der Waals surface area contributed by atoms with Gasteiger partial charge in [0, 0.05) is 10.2 Å². The van der Waals surface area contributed by atoms with Crippen molar-refractivity contribution < 1.29 is 18.7 Å². The maximum Gasteiger partial charge on any atom is 0.335 e. The number of anilines is 2. The lowest BCUT2D eigenvalue weighted by Crippen LogP contribution is -2.04. The molecule has 0 saturated heterocycles. The Kier molecular flexibility index (Phi) is 4.57. The zero-order valence-corrected chi connectivity index (χ0v) is 12.7. The van der Waals surface area contributed by atoms with Crippen LogP contribution in [-0.2, 0) is 6.42 Å². The molecule has 0 atom stereocenters. The molecule has 0 saturated carbocycles. The third-order valence-electron chi connectivity index (χ3n) is 3.00. The van der Waals surface area contributed by atoms with Gasteiger partial charge in [0.1, 0.15) is 5.69 Å². The van der Waals surface area contributed by atoms with Gasteiger partial charge in [-0.2, -0.15) is 0 Å². The second-order valence-corrected chi connectivity index (χ2v) is 5.32. The average Bonchev–Trinajstić information content (AvgIpc) is 2.43. The molecular formula is C15H12BrF2NO2. The maximum absolute atomic E-state index is 13.9. The van der Waals surface area contributed by atoms with Crippen LogP contribution in [0.2, 0.25) is 0 Å². The number of rotatable bonds is 4. The van der Waals surface area contributed by atoms with Crippen molar-refractivity contribution in [2.75, 3.05) is 5.32 Å². The van der Waals surface area contributed by atoms with Gasteiger partial charge in [0.15, 0.2) is 11.6 Å². The van der Waals surface area contributed by atoms with Crippen LogP contribution in [0.5, 0.6) is 0 Å². The van der Waals surface area contributed by atoms with E-state index < -0.39 is 23.2 Å². The van der Waals surface area contributed by atoms with Crippen LogP contribution in [0.3, 0.4) is 0 Å². The standard InChI is InChI=1S/C15H12BrF2NO2/c1-2-8-5-10(16)3-4-13(8)19-14-11(17)6-9(15(20)21)7-12(14)18/h3-7,19H,2H2,1H3,(H,20,21). The van der Waals surface area contributed by atoms with Gasteiger partial charge in [0.05, 0.1) is 5.56 Å². The van der Waals surface area contributed by atoms with E-state index in [-0.39, 0.29) is 5.69 Å². The Labute approximate surface area is 128 Å². The van der Waals surface area contributed by atoms with Crippen molar-refractivity contribution in [2.24, 2.45) is 0 Å². The summed E-state index contributed by atoms with van der Waals surface area (Å²) in [7, 11) is 0. The Morgan fingerprint density at radius 2 is 1.86 bits per heavy atom. The average molecular weight is 356 g/mol. The fourth-order valence-electron chi connectivity index (χ4n) is 1.93. The van der Waals surface area contributed by atoms with Gasteiger partial charge in [-0.05, 0) is 42.3 Å². The number of carbonyl (C=O) groups is 1. The van der Waals surface area contributed by atoms with E-state index in [4.69, 9.17) is 5.11 Å². The van der Waals surface area contributed by atoms with Crippen LogP contribution in [0.15, 0.2) is 34.8 Å². The number of halogens is 3. The molecule has 110 valence electrons. The fourth-order valence-corrected chi connectivity index (χ4v) is 2.34. The quantitative estimate of drug-likeness (QED) is 0.833. The van der Waals surface area contributed by atoms with Crippen molar-refractivity contribution in [1.82, 2.24) is 0 Å². The minimum Gasteiger partial charge on any atom is -0.478 e. The Hall–Kier alpha value is -1.95. The number of carboxylic acids is 1. The first-order valence-corrected chi connectivity index (χ1v) is 6.99. The van der Waals surface area contributed by atoms with Crippen molar-refractivity contribution >= 4 is 33.3 Å². The van der Waals surface area contributed by atoms with Crippen LogP contribution in [0.4, 0.5) is 20.2 Å². The summed E-state index contributed by atoms with van der Waals surface area (Å²) in [6.07, 6.45) is 0.679. The van der Waals surface area contributed by atoms with E-state index in [1.165, 1.54) is 0 Å². The van der Waals surface area contributed by atoms with Gasteiger partial charge >= 0.3 is 5.97 Å². The highest BCUT2D eigenvalue weighted by Crippen LogP contribution is 2.28. The zero-order valence-electron chi connectivity index (χ0n) is 11.1. The van der Waals surface area contributed by atoms with Crippen molar-refractivity contribution in [1.29, 1.82) is 0 Å². The number of hydrogen-bond donors (Lipinski definition) is 2. The number of carboxylic acid groups (broad SMARTS) is 1. The summed E-state index contributed by atoms with van der Waals surface area (Å²) in [5.41, 5.74) is 0.658. The summed E-state index contributed by atoms with van der Waals surface area (Å²) in [4.78, 5) is 10.8. The van der Waals surface area contributed by atoms with Gasteiger partial charge in [0.2, 0.25) is 0 Å². The summed E-state index contributed by atoms with van der Waals surface area (Å²) in [6.45, 7) is 1.92. The Morgan fingerprint density at radius 1 is 1.24 bits per heavy atom. The number of aromatic carboxylic acids is 1. The van der Waals surface area contributed by atoms with E-state index >= 15 is 0 Å². The van der Waals surface area contributed by atoms with E-state index in [1.54, 1.807) is 12.1 Å². The second kappa shape index (κ2) is 6.22. The molecule has 0 heterocycles. The Bertz CT molecular complexity index is 681. The predicted molar refractivity (Wildman–Crippen MR) is 80.1 cm³/mol. The van der Waals surface area contributed by atoms with Gasteiger partial charge in [0.25, 0.3) is 0 Å². The molecule has 6 heteroatoms. The summed E-state index contributed by atoms with van der Waals surface area (Å²) < 4.78 is 28.7. The summed E-state index contributed by atoms with van der Waals surface area (Å²) in [5, 5.41) is 11.5. The number of hydrogen-bond acceptors (Lipinski definition) is 2. The van der Waals surface area contributed by atoms with Crippen LogP contribution in [0.25, 0.3) is 0 Å². The first-order valence-electron chi connectivity index (χ1n) is 6.20. The van der Waals surface area contributed by atoms with Crippen molar-refractivity contribution in [3.05, 3.63) is 57.6 Å². The lowest BCUT2D eigenvalue weighted by atomic mass is 10.1. The summed E-state index contributed by atoms with van der Waals surface area (Å²) in [5.74, 6) is -3.27. The van der Waals surface area contributed by atoms with Crippen LogP contribution < -0.4 is 5.32 Å². The van der Waals surface area contributed by atoms with Crippen LogP contribution in [0.1, 0.15) is 22.8 Å². The molecule has 0 bridgehead atoms. The predicted octanol–water partition coefficient (Wildman–Crippen LogP) is 4.73. The maximum atomic E-state index is 13.9. The third-order valence-corrected chi connectivity index (χ3v) is 3.49. The molecule has 0 aliphatic rings. The molecule has 2 N–H and O–H groups in total. The van der Waals surface area contributed by atoms with Crippen LogP contribution in [-0.4, -0.2) is 11.1 Å². The Morgan fingerprint density at radius 3 is 2.38 bits per heavy atom. The third kappa shape index (κ3) is 3.39. The molecule has 0 aliphatic carbocycles.